The first-order valence-corrected chi connectivity index (χ1v) is 11.8. The molecule has 0 spiro atoms. The molecule has 0 unspecified atom stereocenters. The first kappa shape index (κ1) is 25.0. The van der Waals surface area contributed by atoms with E-state index in [1.165, 1.54) is 0 Å². The van der Waals surface area contributed by atoms with Crippen molar-refractivity contribution >= 4 is 34.6 Å². The SMILES string of the molecule is Cc1ccc([C@H](Nc2c(Nc3ccc(Cl)c4c3C(=O)N(C(C)(C)CO)C4)c(=O)c2=O)C(C)(C)C)o1. The molecule has 0 saturated carbocycles. The summed E-state index contributed by atoms with van der Waals surface area (Å²) in [5, 5.41) is 16.4. The minimum atomic E-state index is -0.800. The zero-order valence-corrected chi connectivity index (χ0v) is 21.5. The molecule has 186 valence electrons. The maximum atomic E-state index is 13.3. The lowest BCUT2D eigenvalue weighted by molar-refractivity contribution is 0.0395. The van der Waals surface area contributed by atoms with Crippen LogP contribution in [0.5, 0.6) is 0 Å². The summed E-state index contributed by atoms with van der Waals surface area (Å²) in [4.78, 5) is 40.0. The van der Waals surface area contributed by atoms with Gasteiger partial charge in [-0.15, -0.1) is 0 Å². The number of fused-ring (bicyclic) bond motifs is 1. The second kappa shape index (κ2) is 8.53. The van der Waals surface area contributed by atoms with Gasteiger partial charge in [-0.25, -0.2) is 0 Å². The Balaban J connectivity index is 1.71. The summed E-state index contributed by atoms with van der Waals surface area (Å²) in [6, 6.07) is 6.58. The molecule has 1 aliphatic rings. The Morgan fingerprint density at radius 3 is 2.29 bits per heavy atom. The van der Waals surface area contributed by atoms with Gasteiger partial charge in [0.25, 0.3) is 16.8 Å². The highest BCUT2D eigenvalue weighted by atomic mass is 35.5. The number of furan rings is 1. The van der Waals surface area contributed by atoms with E-state index in [-0.39, 0.29) is 41.9 Å². The smallest absolute Gasteiger partial charge is 0.257 e. The van der Waals surface area contributed by atoms with Gasteiger partial charge in [0.2, 0.25) is 0 Å². The van der Waals surface area contributed by atoms with Crippen molar-refractivity contribution in [3.63, 3.8) is 0 Å². The molecule has 4 rings (SSSR count). The third-order valence-electron chi connectivity index (χ3n) is 6.52. The van der Waals surface area contributed by atoms with Gasteiger partial charge in [0.05, 0.1) is 29.4 Å². The first-order valence-electron chi connectivity index (χ1n) is 11.4. The lowest BCUT2D eigenvalue weighted by atomic mass is 9.85. The van der Waals surface area contributed by atoms with Crippen LogP contribution < -0.4 is 21.5 Å². The molecule has 9 heteroatoms. The van der Waals surface area contributed by atoms with E-state index in [1.807, 2.05) is 39.8 Å². The minimum Gasteiger partial charge on any atom is -0.464 e. The van der Waals surface area contributed by atoms with Crippen LogP contribution in [0.2, 0.25) is 5.02 Å². The predicted octanol–water partition coefficient (Wildman–Crippen LogP) is 4.51. The number of hydrogen-bond donors (Lipinski definition) is 3. The average molecular weight is 500 g/mol. The van der Waals surface area contributed by atoms with Gasteiger partial charge in [0, 0.05) is 17.1 Å². The zero-order valence-electron chi connectivity index (χ0n) is 20.7. The number of anilines is 3. The molecular weight excluding hydrogens is 470 g/mol. The van der Waals surface area contributed by atoms with Crippen LogP contribution in [0.1, 0.15) is 68.1 Å². The van der Waals surface area contributed by atoms with Gasteiger partial charge in [0.15, 0.2) is 0 Å². The fraction of sp³-hybridized carbons (Fsp3) is 0.423. The van der Waals surface area contributed by atoms with E-state index in [1.54, 1.807) is 30.9 Å². The molecule has 1 amide bonds. The largest absolute Gasteiger partial charge is 0.464 e. The van der Waals surface area contributed by atoms with Crippen LogP contribution in [0.15, 0.2) is 38.3 Å². The third-order valence-corrected chi connectivity index (χ3v) is 6.87. The lowest BCUT2D eigenvalue weighted by Crippen LogP contribution is -2.46. The van der Waals surface area contributed by atoms with Crippen molar-refractivity contribution < 1.29 is 14.3 Å². The standard InChI is InChI=1S/C26H30ClN3O5/c1-13-7-10-17(35-13)23(25(2,3)4)29-20-19(21(32)22(20)33)28-16-9-8-15(27)14-11-30(24(34)18(14)16)26(5,6)12-31/h7-10,23,28-29,31H,11-12H2,1-6H3/t23-/m0/s1. The topological polar surface area (TPSA) is 112 Å². The van der Waals surface area contributed by atoms with E-state index in [0.29, 0.717) is 27.6 Å². The maximum absolute atomic E-state index is 13.3. The van der Waals surface area contributed by atoms with Crippen LogP contribution in [0.3, 0.4) is 0 Å². The maximum Gasteiger partial charge on any atom is 0.257 e. The van der Waals surface area contributed by atoms with Crippen LogP contribution in [0, 0.1) is 12.3 Å². The molecule has 0 bridgehead atoms. The van der Waals surface area contributed by atoms with Crippen molar-refractivity contribution in [2.24, 2.45) is 5.41 Å². The Labute approximate surface area is 208 Å². The summed E-state index contributed by atoms with van der Waals surface area (Å²) in [5.41, 5.74) is -0.900. The predicted molar refractivity (Wildman–Crippen MR) is 136 cm³/mol. The highest BCUT2D eigenvalue weighted by molar-refractivity contribution is 6.32. The monoisotopic (exact) mass is 499 g/mol. The summed E-state index contributed by atoms with van der Waals surface area (Å²) in [6.45, 7) is 11.4. The highest BCUT2D eigenvalue weighted by Gasteiger charge is 2.40. The number of hydrogen-bond acceptors (Lipinski definition) is 7. The van der Waals surface area contributed by atoms with E-state index in [0.717, 1.165) is 5.76 Å². The molecule has 2 heterocycles. The fourth-order valence-electron chi connectivity index (χ4n) is 4.32. The van der Waals surface area contributed by atoms with Crippen molar-refractivity contribution in [2.75, 3.05) is 17.2 Å². The number of carbonyl (C=O) groups excluding carboxylic acids is 1. The van der Waals surface area contributed by atoms with Crippen molar-refractivity contribution in [3.05, 3.63) is 72.4 Å². The Morgan fingerprint density at radius 2 is 1.71 bits per heavy atom. The minimum absolute atomic E-state index is 0.0877. The Hall–Kier alpha value is -3.10. The van der Waals surface area contributed by atoms with E-state index in [4.69, 9.17) is 16.0 Å². The molecule has 1 aromatic heterocycles. The molecule has 3 N–H and O–H groups in total. The molecule has 3 aromatic rings. The Morgan fingerprint density at radius 1 is 1.06 bits per heavy atom. The quantitative estimate of drug-likeness (QED) is 0.410. The zero-order chi connectivity index (χ0) is 25.9. The van der Waals surface area contributed by atoms with Crippen molar-refractivity contribution in [1.82, 2.24) is 4.90 Å². The number of aryl methyl sites for hydroxylation is 1. The molecular formula is C26H30ClN3O5. The van der Waals surface area contributed by atoms with Gasteiger partial charge in [0.1, 0.15) is 22.9 Å². The molecule has 1 atom stereocenters. The molecule has 0 radical (unpaired) electrons. The van der Waals surface area contributed by atoms with Gasteiger partial charge >= 0.3 is 0 Å². The highest BCUT2D eigenvalue weighted by Crippen LogP contribution is 2.41. The van der Waals surface area contributed by atoms with E-state index < -0.39 is 16.4 Å². The lowest BCUT2D eigenvalue weighted by Gasteiger charge is -2.33. The van der Waals surface area contributed by atoms with Crippen LogP contribution in [-0.2, 0) is 6.54 Å². The number of benzene rings is 1. The van der Waals surface area contributed by atoms with Gasteiger partial charge in [-0.3, -0.25) is 14.4 Å². The second-order valence-electron chi connectivity index (χ2n) is 10.7. The average Bonchev–Trinajstić information content (AvgIpc) is 3.37. The van der Waals surface area contributed by atoms with Gasteiger partial charge in [-0.1, -0.05) is 32.4 Å². The number of rotatable bonds is 7. The van der Waals surface area contributed by atoms with E-state index in [2.05, 4.69) is 10.6 Å². The van der Waals surface area contributed by atoms with Crippen LogP contribution in [0.4, 0.5) is 17.1 Å². The van der Waals surface area contributed by atoms with Crippen LogP contribution in [-0.4, -0.2) is 28.1 Å². The van der Waals surface area contributed by atoms with Crippen LogP contribution in [0.25, 0.3) is 0 Å². The fourth-order valence-corrected chi connectivity index (χ4v) is 4.53. The summed E-state index contributed by atoms with van der Waals surface area (Å²) in [7, 11) is 0. The third kappa shape index (κ3) is 4.25. The van der Waals surface area contributed by atoms with Gasteiger partial charge in [-0.05, 0) is 50.5 Å². The summed E-state index contributed by atoms with van der Waals surface area (Å²) in [6.07, 6.45) is 0. The molecule has 0 aliphatic carbocycles. The molecule has 0 fully saturated rings. The van der Waals surface area contributed by atoms with Gasteiger partial charge < -0.3 is 25.1 Å². The van der Waals surface area contributed by atoms with Crippen molar-refractivity contribution in [1.29, 1.82) is 0 Å². The molecule has 2 aromatic carbocycles. The number of aliphatic hydroxyl groups is 1. The number of amides is 1. The Bertz CT molecular complexity index is 1370. The Kier molecular flexibility index (Phi) is 6.10. The van der Waals surface area contributed by atoms with Crippen molar-refractivity contribution in [3.8, 4) is 0 Å². The number of nitrogens with zero attached hydrogens (tertiary/aromatic N) is 1. The second-order valence-corrected chi connectivity index (χ2v) is 11.1. The van der Waals surface area contributed by atoms with Crippen LogP contribution >= 0.6 is 11.6 Å². The number of halogens is 1. The summed E-state index contributed by atoms with van der Waals surface area (Å²) >= 11 is 6.39. The number of nitrogens with one attached hydrogen (secondary N) is 2. The molecule has 35 heavy (non-hydrogen) atoms. The number of carbonyl (C=O) groups is 1. The molecule has 8 nitrogen and oxygen atoms in total. The molecule has 0 saturated heterocycles. The van der Waals surface area contributed by atoms with E-state index >= 15 is 0 Å². The molecule has 1 aliphatic heterocycles. The van der Waals surface area contributed by atoms with Gasteiger partial charge in [-0.2, -0.15) is 0 Å². The summed E-state index contributed by atoms with van der Waals surface area (Å²) in [5.74, 6) is 1.08. The normalized spacial score (nSPS) is 15.0. The first-order chi connectivity index (χ1) is 16.3. The van der Waals surface area contributed by atoms with Crippen molar-refractivity contribution in [2.45, 2.75) is 59.7 Å². The van der Waals surface area contributed by atoms with E-state index in [9.17, 15) is 19.5 Å². The number of aliphatic hydroxyl groups excluding tert-OH is 1. The summed E-state index contributed by atoms with van der Waals surface area (Å²) < 4.78 is 5.81.